The summed E-state index contributed by atoms with van der Waals surface area (Å²) in [6.45, 7) is 4.92. The number of oxime groups is 1. The summed E-state index contributed by atoms with van der Waals surface area (Å²) in [5.74, 6) is 0. The van der Waals surface area contributed by atoms with Gasteiger partial charge in [-0.25, -0.2) is 9.97 Å². The summed E-state index contributed by atoms with van der Waals surface area (Å²) in [5, 5.41) is 5.20. The van der Waals surface area contributed by atoms with Gasteiger partial charge in [0.25, 0.3) is 0 Å². The van der Waals surface area contributed by atoms with Crippen LogP contribution >= 0.6 is 11.3 Å². The van der Waals surface area contributed by atoms with Gasteiger partial charge >= 0.3 is 0 Å². The van der Waals surface area contributed by atoms with E-state index in [4.69, 9.17) is 9.82 Å². The molecule has 0 atom stereocenters. The minimum Gasteiger partial charge on any atom is -0.391 e. The number of hydrogen-bond acceptors (Lipinski definition) is 7. The van der Waals surface area contributed by atoms with E-state index in [9.17, 15) is 0 Å². The molecule has 0 saturated heterocycles. The van der Waals surface area contributed by atoms with Crippen molar-refractivity contribution in [2.24, 2.45) is 5.16 Å². The van der Waals surface area contributed by atoms with Gasteiger partial charge in [0.15, 0.2) is 0 Å². The Morgan fingerprint density at radius 2 is 2.26 bits per heavy atom. The quantitative estimate of drug-likeness (QED) is 0.382. The number of hydrogen-bond donors (Lipinski definition) is 0. The maximum Gasteiger partial charge on any atom is 0.135 e. The van der Waals surface area contributed by atoms with Crippen molar-refractivity contribution in [1.29, 1.82) is 0 Å². The lowest BCUT2D eigenvalue weighted by Gasteiger charge is -2.27. The lowest BCUT2D eigenvalue weighted by atomic mass is 10.1. The molecule has 3 aromatic heterocycles. The predicted molar refractivity (Wildman–Crippen MR) is 109 cm³/mol. The Bertz CT molecular complexity index is 983. The van der Waals surface area contributed by atoms with Crippen molar-refractivity contribution in [3.63, 3.8) is 0 Å². The normalized spacial score (nSPS) is 14.9. The molecule has 136 valence electrons. The Hall–Kier alpha value is -3.06. The van der Waals surface area contributed by atoms with Gasteiger partial charge in [0, 0.05) is 44.2 Å². The smallest absolute Gasteiger partial charge is 0.135 e. The maximum absolute atomic E-state index is 5.32. The van der Waals surface area contributed by atoms with E-state index in [0.29, 0.717) is 6.61 Å². The molecule has 0 fully saturated rings. The molecule has 6 nitrogen and oxygen atoms in total. The first-order valence-electron chi connectivity index (χ1n) is 8.65. The third-order valence-electron chi connectivity index (χ3n) is 4.28. The molecule has 0 aliphatic carbocycles. The summed E-state index contributed by atoms with van der Waals surface area (Å²) in [6.07, 6.45) is 7.91. The standard InChI is InChI=1S/C20H19N5OS/c1-3-11-26-24-16-8-10-25(2)17-7-6-15(23-19(16)17)18-13-22-20(27-18)14-5-4-9-21-12-14/h3-7,9,12-13H,1,8,10-11H2,2H3. The van der Waals surface area contributed by atoms with E-state index >= 15 is 0 Å². The molecule has 1 aliphatic rings. The highest BCUT2D eigenvalue weighted by atomic mass is 32.1. The summed E-state index contributed by atoms with van der Waals surface area (Å²) in [6, 6.07) is 8.04. The Morgan fingerprint density at radius 3 is 3.07 bits per heavy atom. The first-order valence-corrected chi connectivity index (χ1v) is 9.47. The topological polar surface area (TPSA) is 63.5 Å². The van der Waals surface area contributed by atoms with Gasteiger partial charge in [-0.05, 0) is 24.3 Å². The number of thiazole rings is 1. The van der Waals surface area contributed by atoms with Crippen LogP contribution in [0.15, 0.2) is 60.7 Å². The van der Waals surface area contributed by atoms with Crippen molar-refractivity contribution in [2.45, 2.75) is 6.42 Å². The highest BCUT2D eigenvalue weighted by Crippen LogP contribution is 2.33. The molecular formula is C20H19N5OS. The number of fused-ring (bicyclic) bond motifs is 1. The van der Waals surface area contributed by atoms with Crippen molar-refractivity contribution in [3.8, 4) is 21.1 Å². The molecule has 0 N–H and O–H groups in total. The van der Waals surface area contributed by atoms with Gasteiger partial charge in [-0.3, -0.25) is 4.98 Å². The fourth-order valence-electron chi connectivity index (χ4n) is 2.89. The van der Waals surface area contributed by atoms with Gasteiger partial charge in [-0.2, -0.15) is 0 Å². The Balaban J connectivity index is 1.69. The van der Waals surface area contributed by atoms with E-state index in [1.807, 2.05) is 30.6 Å². The number of aromatic nitrogens is 3. The molecule has 7 heteroatoms. The highest BCUT2D eigenvalue weighted by Gasteiger charge is 2.22. The zero-order valence-corrected chi connectivity index (χ0v) is 15.8. The van der Waals surface area contributed by atoms with E-state index in [1.165, 1.54) is 0 Å². The molecular weight excluding hydrogens is 358 g/mol. The molecule has 4 rings (SSSR count). The Labute approximate surface area is 161 Å². The van der Waals surface area contributed by atoms with Crippen LogP contribution in [0.1, 0.15) is 12.1 Å². The van der Waals surface area contributed by atoms with Crippen LogP contribution in [-0.2, 0) is 4.84 Å². The highest BCUT2D eigenvalue weighted by molar-refractivity contribution is 7.18. The number of nitrogens with zero attached hydrogens (tertiary/aromatic N) is 5. The SMILES string of the molecule is C=CCON=C1CCN(C)c2ccc(-c3cnc(-c4cccnc4)s3)nc21. The van der Waals surface area contributed by atoms with Gasteiger partial charge in [0.05, 0.1) is 16.3 Å². The Kier molecular flexibility index (Phi) is 4.93. The van der Waals surface area contributed by atoms with Crippen LogP contribution in [-0.4, -0.2) is 40.9 Å². The molecule has 27 heavy (non-hydrogen) atoms. The van der Waals surface area contributed by atoms with Gasteiger partial charge in [-0.1, -0.05) is 17.8 Å². The Morgan fingerprint density at radius 1 is 1.33 bits per heavy atom. The van der Waals surface area contributed by atoms with Crippen molar-refractivity contribution < 1.29 is 4.84 Å². The van der Waals surface area contributed by atoms with Crippen LogP contribution in [0, 0.1) is 0 Å². The average molecular weight is 377 g/mol. The van der Waals surface area contributed by atoms with E-state index < -0.39 is 0 Å². The summed E-state index contributed by atoms with van der Waals surface area (Å²) < 4.78 is 0. The molecule has 0 unspecified atom stereocenters. The van der Waals surface area contributed by atoms with E-state index in [1.54, 1.807) is 23.6 Å². The molecule has 0 saturated carbocycles. The monoisotopic (exact) mass is 377 g/mol. The van der Waals surface area contributed by atoms with Crippen molar-refractivity contribution in [2.75, 3.05) is 25.1 Å². The van der Waals surface area contributed by atoms with Gasteiger partial charge < -0.3 is 9.74 Å². The predicted octanol–water partition coefficient (Wildman–Crippen LogP) is 4.01. The summed E-state index contributed by atoms with van der Waals surface area (Å²) in [7, 11) is 2.06. The average Bonchev–Trinajstić information content (AvgIpc) is 3.21. The van der Waals surface area contributed by atoms with Gasteiger partial charge in [0.1, 0.15) is 23.0 Å². The molecule has 0 aromatic carbocycles. The number of rotatable bonds is 5. The van der Waals surface area contributed by atoms with Crippen LogP contribution < -0.4 is 4.90 Å². The molecule has 4 heterocycles. The number of anilines is 1. The lowest BCUT2D eigenvalue weighted by molar-refractivity contribution is 0.174. The zero-order valence-electron chi connectivity index (χ0n) is 15.0. The van der Waals surface area contributed by atoms with E-state index in [2.05, 4.69) is 39.7 Å². The third kappa shape index (κ3) is 3.59. The number of pyridine rings is 2. The molecule has 0 bridgehead atoms. The molecule has 0 amide bonds. The second-order valence-corrected chi connectivity index (χ2v) is 7.16. The second-order valence-electron chi connectivity index (χ2n) is 6.13. The largest absolute Gasteiger partial charge is 0.391 e. The fraction of sp³-hybridized carbons (Fsp3) is 0.200. The van der Waals surface area contributed by atoms with Crippen LogP contribution in [0.3, 0.4) is 0 Å². The van der Waals surface area contributed by atoms with Crippen LogP contribution in [0.5, 0.6) is 0 Å². The van der Waals surface area contributed by atoms with E-state index in [0.717, 1.165) is 51.2 Å². The lowest BCUT2D eigenvalue weighted by Crippen LogP contribution is -2.29. The van der Waals surface area contributed by atoms with E-state index in [-0.39, 0.29) is 0 Å². The minimum absolute atomic E-state index is 0.387. The zero-order chi connectivity index (χ0) is 18.6. The fourth-order valence-corrected chi connectivity index (χ4v) is 3.77. The summed E-state index contributed by atoms with van der Waals surface area (Å²) in [5.41, 5.74) is 4.67. The van der Waals surface area contributed by atoms with Gasteiger partial charge in [0.2, 0.25) is 0 Å². The maximum atomic E-state index is 5.32. The molecule has 0 radical (unpaired) electrons. The second kappa shape index (κ2) is 7.67. The van der Waals surface area contributed by atoms with Gasteiger partial charge in [-0.15, -0.1) is 11.3 Å². The third-order valence-corrected chi connectivity index (χ3v) is 5.35. The van der Waals surface area contributed by atoms with Crippen molar-refractivity contribution >= 4 is 22.7 Å². The molecule has 1 aliphatic heterocycles. The van der Waals surface area contributed by atoms with Crippen LogP contribution in [0.25, 0.3) is 21.1 Å². The van der Waals surface area contributed by atoms with Crippen LogP contribution in [0.2, 0.25) is 0 Å². The molecule has 3 aromatic rings. The summed E-state index contributed by atoms with van der Waals surface area (Å²) in [4.78, 5) is 22.1. The van der Waals surface area contributed by atoms with Crippen molar-refractivity contribution in [1.82, 2.24) is 15.0 Å². The first kappa shape index (κ1) is 17.4. The van der Waals surface area contributed by atoms with Crippen LogP contribution in [0.4, 0.5) is 5.69 Å². The minimum atomic E-state index is 0.387. The van der Waals surface area contributed by atoms with Crippen molar-refractivity contribution in [3.05, 3.63) is 61.2 Å². The summed E-state index contributed by atoms with van der Waals surface area (Å²) >= 11 is 1.60. The first-order chi connectivity index (χ1) is 13.3. The molecule has 0 spiro atoms.